The highest BCUT2D eigenvalue weighted by Gasteiger charge is 2.44. The molecule has 3 rings (SSSR count). The first-order valence-corrected chi connectivity index (χ1v) is 8.99. The highest BCUT2D eigenvalue weighted by atomic mass is 32.2. The molecule has 1 saturated heterocycles. The van der Waals surface area contributed by atoms with Crippen molar-refractivity contribution in [3.63, 3.8) is 0 Å². The van der Waals surface area contributed by atoms with Crippen LogP contribution in [0.4, 0.5) is 5.69 Å². The van der Waals surface area contributed by atoms with Crippen molar-refractivity contribution in [2.75, 3.05) is 16.8 Å². The van der Waals surface area contributed by atoms with E-state index in [2.05, 4.69) is 15.4 Å². The summed E-state index contributed by atoms with van der Waals surface area (Å²) in [5.41, 5.74) is 0.848. The Morgan fingerprint density at radius 2 is 2.22 bits per heavy atom. The van der Waals surface area contributed by atoms with Crippen LogP contribution in [0.2, 0.25) is 0 Å². The van der Waals surface area contributed by atoms with E-state index in [4.69, 9.17) is 0 Å². The number of rotatable bonds is 3. The van der Waals surface area contributed by atoms with Gasteiger partial charge in [0.15, 0.2) is 15.8 Å². The van der Waals surface area contributed by atoms with Crippen LogP contribution >= 0.6 is 0 Å². The second-order valence-corrected chi connectivity index (χ2v) is 7.87. The predicted octanol–water partition coefficient (Wildman–Crippen LogP) is 0.0415. The smallest absolute Gasteiger partial charge is 0.261 e. The summed E-state index contributed by atoms with van der Waals surface area (Å²) in [4.78, 5) is 28.7. The molecule has 23 heavy (non-hydrogen) atoms. The number of sulfone groups is 1. The van der Waals surface area contributed by atoms with Gasteiger partial charge in [0, 0.05) is 6.20 Å². The quantitative estimate of drug-likeness (QED) is 0.784. The molecule has 0 saturated carbocycles. The minimum Gasteiger partial charge on any atom is -0.324 e. The van der Waals surface area contributed by atoms with Gasteiger partial charge in [-0.25, -0.2) is 13.4 Å². The van der Waals surface area contributed by atoms with Gasteiger partial charge in [0.2, 0.25) is 5.91 Å². The SMILES string of the molecule is CC1=NN([C@@H]2CCS(=O)(=O)C2)C(=O)[C@H]1C(=O)Nc1cccnc1. The highest BCUT2D eigenvalue weighted by Crippen LogP contribution is 2.25. The van der Waals surface area contributed by atoms with Crippen LogP contribution < -0.4 is 5.32 Å². The fourth-order valence-corrected chi connectivity index (χ4v) is 4.46. The third kappa shape index (κ3) is 3.09. The van der Waals surface area contributed by atoms with Gasteiger partial charge in [0.1, 0.15) is 0 Å². The first kappa shape index (κ1) is 15.6. The number of carbonyl (C=O) groups is 2. The topological polar surface area (TPSA) is 109 Å². The largest absolute Gasteiger partial charge is 0.324 e. The number of hydrazone groups is 1. The molecule has 2 atom stereocenters. The maximum atomic E-state index is 12.5. The minimum absolute atomic E-state index is 0.0442. The first-order valence-electron chi connectivity index (χ1n) is 7.17. The number of aromatic nitrogens is 1. The average Bonchev–Trinajstić information content (AvgIpc) is 2.99. The van der Waals surface area contributed by atoms with E-state index < -0.39 is 33.6 Å². The maximum Gasteiger partial charge on any atom is 0.261 e. The lowest BCUT2D eigenvalue weighted by Gasteiger charge is -2.19. The molecule has 1 aromatic rings. The first-order chi connectivity index (χ1) is 10.9. The zero-order chi connectivity index (χ0) is 16.6. The average molecular weight is 336 g/mol. The van der Waals surface area contributed by atoms with E-state index in [1.54, 1.807) is 25.3 Å². The van der Waals surface area contributed by atoms with Crippen molar-refractivity contribution in [2.24, 2.45) is 11.0 Å². The molecule has 1 N–H and O–H groups in total. The standard InChI is InChI=1S/C14H16N4O4S/c1-9-12(13(19)16-10-3-2-5-15-7-10)14(20)18(17-9)11-4-6-23(21,22)8-11/h2-3,5,7,11-12H,4,6,8H2,1H3,(H,16,19)/t11-,12-/m1/s1. The molecule has 0 radical (unpaired) electrons. The lowest BCUT2D eigenvalue weighted by Crippen LogP contribution is -2.40. The van der Waals surface area contributed by atoms with Crippen molar-refractivity contribution >= 4 is 33.1 Å². The molecule has 2 aliphatic rings. The summed E-state index contributed by atoms with van der Waals surface area (Å²) in [6, 6.07) is 2.85. The van der Waals surface area contributed by atoms with E-state index in [1.165, 1.54) is 6.20 Å². The fraction of sp³-hybridized carbons (Fsp3) is 0.429. The Balaban J connectivity index is 1.74. The zero-order valence-electron chi connectivity index (χ0n) is 12.5. The minimum atomic E-state index is -3.13. The summed E-state index contributed by atoms with van der Waals surface area (Å²) in [6.45, 7) is 1.59. The number of carbonyl (C=O) groups excluding carboxylic acids is 2. The van der Waals surface area contributed by atoms with Crippen LogP contribution in [-0.2, 0) is 19.4 Å². The summed E-state index contributed by atoms with van der Waals surface area (Å²) < 4.78 is 23.1. The third-order valence-corrected chi connectivity index (χ3v) is 5.65. The number of anilines is 1. The molecule has 3 heterocycles. The Kier molecular flexibility index (Phi) is 3.88. The molecule has 9 heteroatoms. The number of amides is 2. The van der Waals surface area contributed by atoms with Crippen LogP contribution in [0.25, 0.3) is 0 Å². The predicted molar refractivity (Wildman–Crippen MR) is 83.4 cm³/mol. The Bertz CT molecular complexity index is 775. The van der Waals surface area contributed by atoms with Crippen molar-refractivity contribution < 1.29 is 18.0 Å². The van der Waals surface area contributed by atoms with Gasteiger partial charge in [0.25, 0.3) is 5.91 Å². The summed E-state index contributed by atoms with van der Waals surface area (Å²) in [5.74, 6) is -2.06. The summed E-state index contributed by atoms with van der Waals surface area (Å²) in [5, 5.41) is 7.90. The van der Waals surface area contributed by atoms with Crippen LogP contribution in [0.5, 0.6) is 0 Å². The molecular weight excluding hydrogens is 320 g/mol. The molecule has 0 aliphatic carbocycles. The lowest BCUT2D eigenvalue weighted by atomic mass is 10.0. The fourth-order valence-electron chi connectivity index (χ4n) is 2.77. The molecule has 0 bridgehead atoms. The Morgan fingerprint density at radius 1 is 1.43 bits per heavy atom. The molecule has 2 aliphatic heterocycles. The molecule has 2 amide bonds. The van der Waals surface area contributed by atoms with E-state index in [9.17, 15) is 18.0 Å². The van der Waals surface area contributed by atoms with Gasteiger partial charge < -0.3 is 5.32 Å². The van der Waals surface area contributed by atoms with Crippen molar-refractivity contribution in [3.8, 4) is 0 Å². The number of hydrogen-bond donors (Lipinski definition) is 1. The van der Waals surface area contributed by atoms with E-state index in [0.29, 0.717) is 17.8 Å². The Morgan fingerprint density at radius 3 is 2.83 bits per heavy atom. The van der Waals surface area contributed by atoms with Crippen LogP contribution in [0, 0.1) is 5.92 Å². The van der Waals surface area contributed by atoms with E-state index in [-0.39, 0.29) is 11.5 Å². The second kappa shape index (κ2) is 5.73. The summed E-state index contributed by atoms with van der Waals surface area (Å²) in [7, 11) is -3.13. The molecular formula is C14H16N4O4S. The van der Waals surface area contributed by atoms with Gasteiger partial charge in [-0.05, 0) is 25.5 Å². The van der Waals surface area contributed by atoms with Gasteiger partial charge in [-0.15, -0.1) is 0 Å². The van der Waals surface area contributed by atoms with Gasteiger partial charge in [-0.3, -0.25) is 14.6 Å². The summed E-state index contributed by atoms with van der Waals surface area (Å²) >= 11 is 0. The molecule has 0 aromatic carbocycles. The molecule has 1 aromatic heterocycles. The summed E-state index contributed by atoms with van der Waals surface area (Å²) in [6.07, 6.45) is 3.40. The van der Waals surface area contributed by atoms with Crippen LogP contribution in [0.3, 0.4) is 0 Å². The van der Waals surface area contributed by atoms with Gasteiger partial charge in [-0.1, -0.05) is 0 Å². The van der Waals surface area contributed by atoms with Gasteiger partial charge >= 0.3 is 0 Å². The lowest BCUT2D eigenvalue weighted by molar-refractivity contribution is -0.137. The Hall–Kier alpha value is -2.29. The monoisotopic (exact) mass is 336 g/mol. The second-order valence-electron chi connectivity index (χ2n) is 5.65. The molecule has 122 valence electrons. The highest BCUT2D eigenvalue weighted by molar-refractivity contribution is 7.91. The third-order valence-electron chi connectivity index (χ3n) is 3.90. The van der Waals surface area contributed by atoms with E-state index in [0.717, 1.165) is 5.01 Å². The molecule has 0 unspecified atom stereocenters. The van der Waals surface area contributed by atoms with E-state index in [1.807, 2.05) is 0 Å². The number of pyridine rings is 1. The number of hydrogen-bond acceptors (Lipinski definition) is 6. The zero-order valence-corrected chi connectivity index (χ0v) is 13.3. The molecule has 0 spiro atoms. The van der Waals surface area contributed by atoms with Gasteiger partial charge in [-0.2, -0.15) is 5.10 Å². The number of nitrogens with one attached hydrogen (secondary N) is 1. The van der Waals surface area contributed by atoms with E-state index >= 15 is 0 Å². The van der Waals surface area contributed by atoms with Crippen molar-refractivity contribution in [1.29, 1.82) is 0 Å². The number of nitrogens with zero attached hydrogens (tertiary/aromatic N) is 3. The van der Waals surface area contributed by atoms with Crippen molar-refractivity contribution in [3.05, 3.63) is 24.5 Å². The van der Waals surface area contributed by atoms with Gasteiger partial charge in [0.05, 0.1) is 35.1 Å². The maximum absolute atomic E-state index is 12.5. The molecule has 8 nitrogen and oxygen atoms in total. The normalized spacial score (nSPS) is 26.2. The van der Waals surface area contributed by atoms with Crippen LogP contribution in [0.15, 0.2) is 29.6 Å². The van der Waals surface area contributed by atoms with Crippen LogP contribution in [-0.4, -0.2) is 53.5 Å². The Labute approximate surface area is 133 Å². The van der Waals surface area contributed by atoms with Crippen molar-refractivity contribution in [2.45, 2.75) is 19.4 Å². The molecule has 1 fully saturated rings. The van der Waals surface area contributed by atoms with Crippen LogP contribution in [0.1, 0.15) is 13.3 Å². The van der Waals surface area contributed by atoms with Crippen molar-refractivity contribution in [1.82, 2.24) is 9.99 Å².